The number of nitrogens with two attached hydrogens (primary N) is 1. The molecule has 1 aliphatic carbocycles. The Hall–Kier alpha value is -0.740. The standard InChI is InChI=1S/C11H20N2O2/c1-11(2)8(7-9(11)12)10(14)13-3-5-15-6-4-13/h9,14H,3-7,12H2,1-2H3/b10-8-/t9-/m0/s1. The Labute approximate surface area is 90.7 Å². The van der Waals surface area contributed by atoms with Gasteiger partial charge < -0.3 is 20.5 Å². The molecule has 86 valence electrons. The highest BCUT2D eigenvalue weighted by molar-refractivity contribution is 5.29. The predicted octanol–water partition coefficient (Wildman–Crippen LogP) is 0.845. The average Bonchev–Trinajstić information content (AvgIpc) is 2.26. The van der Waals surface area contributed by atoms with Crippen LogP contribution in [0.1, 0.15) is 20.3 Å². The van der Waals surface area contributed by atoms with E-state index in [9.17, 15) is 5.11 Å². The van der Waals surface area contributed by atoms with Crippen molar-refractivity contribution in [2.75, 3.05) is 26.3 Å². The Morgan fingerprint density at radius 2 is 2.07 bits per heavy atom. The summed E-state index contributed by atoms with van der Waals surface area (Å²) in [6.07, 6.45) is 0.816. The van der Waals surface area contributed by atoms with E-state index < -0.39 is 0 Å². The van der Waals surface area contributed by atoms with Crippen LogP contribution in [0.5, 0.6) is 0 Å². The number of aliphatic hydroxyl groups excluding tert-OH is 1. The zero-order chi connectivity index (χ0) is 11.1. The van der Waals surface area contributed by atoms with Crippen LogP contribution in [-0.4, -0.2) is 42.4 Å². The van der Waals surface area contributed by atoms with Crippen LogP contribution in [0.15, 0.2) is 11.5 Å². The van der Waals surface area contributed by atoms with Crippen LogP contribution in [0.3, 0.4) is 0 Å². The molecular formula is C11H20N2O2. The van der Waals surface area contributed by atoms with Crippen LogP contribution >= 0.6 is 0 Å². The Bertz CT molecular complexity index is 280. The van der Waals surface area contributed by atoms with E-state index in [4.69, 9.17) is 10.5 Å². The first-order chi connectivity index (χ1) is 7.03. The number of ether oxygens (including phenoxy) is 1. The lowest BCUT2D eigenvalue weighted by molar-refractivity contribution is 0.0251. The molecule has 1 atom stereocenters. The molecule has 0 amide bonds. The molecule has 0 spiro atoms. The molecule has 2 aliphatic rings. The summed E-state index contributed by atoms with van der Waals surface area (Å²) in [6.45, 7) is 7.13. The van der Waals surface area contributed by atoms with Gasteiger partial charge in [-0.1, -0.05) is 13.8 Å². The van der Waals surface area contributed by atoms with Gasteiger partial charge >= 0.3 is 0 Å². The lowest BCUT2D eigenvalue weighted by Gasteiger charge is -2.46. The number of aliphatic hydroxyl groups is 1. The molecule has 0 aromatic carbocycles. The molecule has 4 nitrogen and oxygen atoms in total. The van der Waals surface area contributed by atoms with E-state index in [1.807, 2.05) is 4.90 Å². The van der Waals surface area contributed by atoms with E-state index in [0.717, 1.165) is 25.1 Å². The lowest BCUT2D eigenvalue weighted by atomic mass is 9.63. The Morgan fingerprint density at radius 3 is 2.53 bits per heavy atom. The summed E-state index contributed by atoms with van der Waals surface area (Å²) in [5.41, 5.74) is 6.97. The molecule has 1 heterocycles. The zero-order valence-corrected chi connectivity index (χ0v) is 9.49. The quantitative estimate of drug-likeness (QED) is 0.633. The largest absolute Gasteiger partial charge is 0.495 e. The van der Waals surface area contributed by atoms with Crippen LogP contribution < -0.4 is 5.73 Å². The second-order valence-electron chi connectivity index (χ2n) is 4.93. The molecule has 15 heavy (non-hydrogen) atoms. The minimum atomic E-state index is -0.0532. The molecule has 4 heteroatoms. The first-order valence-electron chi connectivity index (χ1n) is 5.54. The molecular weight excluding hydrogens is 192 g/mol. The van der Waals surface area contributed by atoms with Gasteiger partial charge in [-0.25, -0.2) is 0 Å². The van der Waals surface area contributed by atoms with Crippen molar-refractivity contribution in [2.45, 2.75) is 26.3 Å². The van der Waals surface area contributed by atoms with Crippen molar-refractivity contribution in [3.63, 3.8) is 0 Å². The molecule has 1 saturated carbocycles. The Morgan fingerprint density at radius 1 is 1.47 bits per heavy atom. The topological polar surface area (TPSA) is 58.7 Å². The zero-order valence-electron chi connectivity index (χ0n) is 9.49. The highest BCUT2D eigenvalue weighted by Gasteiger charge is 2.44. The number of rotatable bonds is 1. The number of morpholine rings is 1. The smallest absolute Gasteiger partial charge is 0.186 e. The van der Waals surface area contributed by atoms with Crippen molar-refractivity contribution in [1.29, 1.82) is 0 Å². The molecule has 2 fully saturated rings. The van der Waals surface area contributed by atoms with E-state index in [2.05, 4.69) is 13.8 Å². The molecule has 0 radical (unpaired) electrons. The van der Waals surface area contributed by atoms with Gasteiger partial charge in [-0.3, -0.25) is 0 Å². The van der Waals surface area contributed by atoms with Crippen LogP contribution in [0.2, 0.25) is 0 Å². The summed E-state index contributed by atoms with van der Waals surface area (Å²) >= 11 is 0. The number of nitrogens with zero attached hydrogens (tertiary/aromatic N) is 1. The number of hydrogen-bond acceptors (Lipinski definition) is 4. The van der Waals surface area contributed by atoms with E-state index in [1.54, 1.807) is 0 Å². The third kappa shape index (κ3) is 1.72. The summed E-state index contributed by atoms with van der Waals surface area (Å²) in [5.74, 6) is 0.435. The normalized spacial score (nSPS) is 33.5. The fourth-order valence-electron chi connectivity index (χ4n) is 2.18. The van der Waals surface area contributed by atoms with E-state index in [0.29, 0.717) is 19.1 Å². The molecule has 0 aromatic heterocycles. The van der Waals surface area contributed by atoms with Gasteiger partial charge in [-0.15, -0.1) is 0 Å². The van der Waals surface area contributed by atoms with E-state index in [1.165, 1.54) is 0 Å². The minimum Gasteiger partial charge on any atom is -0.495 e. The third-order valence-corrected chi connectivity index (χ3v) is 3.71. The molecule has 0 bridgehead atoms. The van der Waals surface area contributed by atoms with Gasteiger partial charge in [0.05, 0.1) is 13.2 Å². The van der Waals surface area contributed by atoms with Crippen molar-refractivity contribution in [2.24, 2.45) is 11.1 Å². The van der Waals surface area contributed by atoms with Gasteiger partial charge in [-0.05, 0) is 12.0 Å². The van der Waals surface area contributed by atoms with Crippen LogP contribution in [0.4, 0.5) is 0 Å². The van der Waals surface area contributed by atoms with Gasteiger partial charge in [0.1, 0.15) is 0 Å². The summed E-state index contributed by atoms with van der Waals surface area (Å²) in [4.78, 5) is 1.99. The first-order valence-corrected chi connectivity index (χ1v) is 5.54. The van der Waals surface area contributed by atoms with Gasteiger partial charge in [0, 0.05) is 24.5 Å². The Kier molecular flexibility index (Phi) is 2.64. The molecule has 1 saturated heterocycles. The molecule has 0 unspecified atom stereocenters. The fourth-order valence-corrected chi connectivity index (χ4v) is 2.18. The first kappa shape index (κ1) is 10.8. The van der Waals surface area contributed by atoms with Crippen molar-refractivity contribution in [3.8, 4) is 0 Å². The number of hydrogen-bond donors (Lipinski definition) is 2. The second-order valence-corrected chi connectivity index (χ2v) is 4.93. The van der Waals surface area contributed by atoms with E-state index >= 15 is 0 Å². The van der Waals surface area contributed by atoms with E-state index in [-0.39, 0.29) is 11.5 Å². The van der Waals surface area contributed by atoms with Crippen LogP contribution in [0.25, 0.3) is 0 Å². The molecule has 3 N–H and O–H groups in total. The van der Waals surface area contributed by atoms with Crippen molar-refractivity contribution in [3.05, 3.63) is 11.5 Å². The van der Waals surface area contributed by atoms with Crippen LogP contribution in [-0.2, 0) is 4.74 Å². The van der Waals surface area contributed by atoms with Crippen LogP contribution in [0, 0.1) is 5.41 Å². The maximum Gasteiger partial charge on any atom is 0.186 e. The van der Waals surface area contributed by atoms with Crippen molar-refractivity contribution in [1.82, 2.24) is 4.90 Å². The maximum absolute atomic E-state index is 10.1. The second kappa shape index (κ2) is 3.68. The molecule has 0 aromatic rings. The highest BCUT2D eigenvalue weighted by atomic mass is 16.5. The Balaban J connectivity index is 2.12. The monoisotopic (exact) mass is 212 g/mol. The predicted molar refractivity (Wildman–Crippen MR) is 58.4 cm³/mol. The van der Waals surface area contributed by atoms with Crippen molar-refractivity contribution >= 4 is 0 Å². The average molecular weight is 212 g/mol. The summed E-state index contributed by atoms with van der Waals surface area (Å²) in [7, 11) is 0. The maximum atomic E-state index is 10.1. The summed E-state index contributed by atoms with van der Waals surface area (Å²) < 4.78 is 5.25. The molecule has 2 rings (SSSR count). The SMILES string of the molecule is CC1(C)/C(=C(\O)N2CCOCC2)C[C@@H]1N. The highest BCUT2D eigenvalue weighted by Crippen LogP contribution is 2.46. The fraction of sp³-hybridized carbons (Fsp3) is 0.818. The molecule has 1 aliphatic heterocycles. The van der Waals surface area contributed by atoms with Gasteiger partial charge in [0.15, 0.2) is 5.88 Å². The minimum absolute atomic E-state index is 0.0532. The van der Waals surface area contributed by atoms with Gasteiger partial charge in [0.2, 0.25) is 0 Å². The van der Waals surface area contributed by atoms with Crippen molar-refractivity contribution < 1.29 is 9.84 Å². The van der Waals surface area contributed by atoms with Gasteiger partial charge in [-0.2, -0.15) is 0 Å². The lowest BCUT2D eigenvalue weighted by Crippen LogP contribution is -2.51. The summed E-state index contributed by atoms with van der Waals surface area (Å²) in [6, 6.07) is 0.177. The third-order valence-electron chi connectivity index (χ3n) is 3.71. The summed E-state index contributed by atoms with van der Waals surface area (Å²) in [5, 5.41) is 10.1. The van der Waals surface area contributed by atoms with Gasteiger partial charge in [0.25, 0.3) is 0 Å².